The summed E-state index contributed by atoms with van der Waals surface area (Å²) in [7, 11) is 3.35. The average Bonchev–Trinajstić information content (AvgIpc) is 2.25. The molecule has 0 amide bonds. The Morgan fingerprint density at radius 1 is 1.44 bits per heavy atom. The van der Waals surface area contributed by atoms with Crippen LogP contribution in [-0.4, -0.2) is 14.2 Å². The van der Waals surface area contributed by atoms with Crippen molar-refractivity contribution in [1.29, 1.82) is 0 Å². The van der Waals surface area contributed by atoms with Crippen molar-refractivity contribution >= 4 is 0 Å². The summed E-state index contributed by atoms with van der Waals surface area (Å²) in [6, 6.07) is 4.69. The molecule has 0 aromatic heterocycles. The molecule has 1 unspecified atom stereocenters. The summed E-state index contributed by atoms with van der Waals surface area (Å²) in [5.74, 6) is 0.313. The maximum Gasteiger partial charge on any atom is 0.132 e. The summed E-state index contributed by atoms with van der Waals surface area (Å²) in [4.78, 5) is 0. The van der Waals surface area contributed by atoms with E-state index in [0.29, 0.717) is 11.3 Å². The summed E-state index contributed by atoms with van der Waals surface area (Å²) >= 11 is 0. The molecule has 0 heterocycles. The van der Waals surface area contributed by atoms with E-state index in [2.05, 4.69) is 5.32 Å². The molecule has 3 heteroatoms. The average molecular weight is 223 g/mol. The van der Waals surface area contributed by atoms with Crippen LogP contribution >= 0.6 is 0 Å². The maximum absolute atomic E-state index is 13.8. The highest BCUT2D eigenvalue weighted by atomic mass is 19.1. The Balaban J connectivity index is 3.23. The zero-order valence-electron chi connectivity index (χ0n) is 10.2. The van der Waals surface area contributed by atoms with E-state index in [1.165, 1.54) is 6.07 Å². The fourth-order valence-electron chi connectivity index (χ4n) is 1.64. The van der Waals surface area contributed by atoms with Gasteiger partial charge in [-0.05, 0) is 33.0 Å². The van der Waals surface area contributed by atoms with Crippen LogP contribution in [0.4, 0.5) is 4.39 Å². The van der Waals surface area contributed by atoms with Gasteiger partial charge in [-0.15, -0.1) is 0 Å². The first-order chi connectivity index (χ1) is 7.60. The number of nitrogens with one attached hydrogen (secondary N) is 1. The first-order valence-electron chi connectivity index (χ1n) is 5.24. The third-order valence-electron chi connectivity index (χ3n) is 2.35. The van der Waals surface area contributed by atoms with Gasteiger partial charge < -0.3 is 10.1 Å². The van der Waals surface area contributed by atoms with Gasteiger partial charge in [-0.3, -0.25) is 0 Å². The van der Waals surface area contributed by atoms with Gasteiger partial charge in [-0.1, -0.05) is 17.7 Å². The van der Waals surface area contributed by atoms with Crippen LogP contribution in [0.25, 0.3) is 0 Å². The Morgan fingerprint density at radius 3 is 2.62 bits per heavy atom. The molecule has 0 bridgehead atoms. The lowest BCUT2D eigenvalue weighted by molar-refractivity contribution is 0.399. The smallest absolute Gasteiger partial charge is 0.132 e. The molecule has 0 aliphatic rings. The summed E-state index contributed by atoms with van der Waals surface area (Å²) in [6.45, 7) is 3.97. The number of hydrogen-bond donors (Lipinski definition) is 1. The lowest BCUT2D eigenvalue weighted by Gasteiger charge is -2.17. The van der Waals surface area contributed by atoms with Gasteiger partial charge in [-0.2, -0.15) is 0 Å². The van der Waals surface area contributed by atoms with Gasteiger partial charge >= 0.3 is 0 Å². The second-order valence-electron chi connectivity index (χ2n) is 3.87. The Morgan fingerprint density at radius 2 is 2.12 bits per heavy atom. The molecule has 0 radical (unpaired) electrons. The summed E-state index contributed by atoms with van der Waals surface area (Å²) in [6.07, 6.45) is 1.97. The van der Waals surface area contributed by atoms with Gasteiger partial charge in [0.2, 0.25) is 0 Å². The molecule has 0 fully saturated rings. The third-order valence-corrected chi connectivity index (χ3v) is 2.35. The quantitative estimate of drug-likeness (QED) is 0.792. The molecule has 0 saturated heterocycles. The normalized spacial score (nSPS) is 12.1. The van der Waals surface area contributed by atoms with E-state index in [4.69, 9.17) is 4.74 Å². The van der Waals surface area contributed by atoms with Crippen LogP contribution in [0.1, 0.15) is 25.5 Å². The van der Waals surface area contributed by atoms with Crippen LogP contribution in [0.2, 0.25) is 0 Å². The largest absolute Gasteiger partial charge is 0.496 e. The molecule has 1 aromatic rings. The van der Waals surface area contributed by atoms with Crippen molar-refractivity contribution in [1.82, 2.24) is 5.32 Å². The molecule has 1 atom stereocenters. The van der Waals surface area contributed by atoms with Crippen LogP contribution in [0.5, 0.6) is 5.75 Å². The minimum Gasteiger partial charge on any atom is -0.496 e. The van der Waals surface area contributed by atoms with E-state index in [-0.39, 0.29) is 11.9 Å². The van der Waals surface area contributed by atoms with Crippen LogP contribution in [-0.2, 0) is 0 Å². The number of likely N-dealkylation sites (N-methyl/N-ethyl adjacent to an activating group) is 1. The Kier molecular flexibility index (Phi) is 4.50. The third kappa shape index (κ3) is 2.83. The second-order valence-corrected chi connectivity index (χ2v) is 3.87. The second kappa shape index (κ2) is 5.66. The zero-order chi connectivity index (χ0) is 12.1. The number of halogens is 1. The van der Waals surface area contributed by atoms with Gasteiger partial charge in [0.25, 0.3) is 0 Å². The highest BCUT2D eigenvalue weighted by Gasteiger charge is 2.16. The molecule has 88 valence electrons. The molecule has 0 saturated carbocycles. The fourth-order valence-corrected chi connectivity index (χ4v) is 1.64. The van der Waals surface area contributed by atoms with Gasteiger partial charge in [-0.25, -0.2) is 4.39 Å². The molecule has 1 N–H and O–H groups in total. The molecule has 16 heavy (non-hydrogen) atoms. The summed E-state index contributed by atoms with van der Waals surface area (Å²) in [5.41, 5.74) is 1.68. The van der Waals surface area contributed by atoms with E-state index >= 15 is 0 Å². The molecule has 1 aromatic carbocycles. The van der Waals surface area contributed by atoms with Crippen molar-refractivity contribution in [2.45, 2.75) is 19.9 Å². The van der Waals surface area contributed by atoms with Crippen molar-refractivity contribution in [3.63, 3.8) is 0 Å². The Labute approximate surface area is 96.1 Å². The number of methoxy groups -OCH3 is 1. The standard InChI is InChI=1S/C13H18FNO/c1-9(2)8-11(15-3)13-10(14)6-5-7-12(13)16-4/h5-8,11,15H,1-4H3. The van der Waals surface area contributed by atoms with E-state index < -0.39 is 0 Å². The Hall–Kier alpha value is -1.35. The van der Waals surface area contributed by atoms with Gasteiger partial charge in [0.1, 0.15) is 11.6 Å². The van der Waals surface area contributed by atoms with Crippen LogP contribution in [0.3, 0.4) is 0 Å². The lowest BCUT2D eigenvalue weighted by Crippen LogP contribution is -2.16. The number of ether oxygens (including phenoxy) is 1. The first-order valence-corrected chi connectivity index (χ1v) is 5.24. The van der Waals surface area contributed by atoms with Gasteiger partial charge in [0.05, 0.1) is 18.7 Å². The lowest BCUT2D eigenvalue weighted by atomic mass is 10.0. The fraction of sp³-hybridized carbons (Fsp3) is 0.385. The highest BCUT2D eigenvalue weighted by molar-refractivity contribution is 5.39. The SMILES string of the molecule is CNC(C=C(C)C)c1c(F)cccc1OC. The van der Waals surface area contributed by atoms with Crippen molar-refractivity contribution in [3.05, 3.63) is 41.2 Å². The number of rotatable bonds is 4. The van der Waals surface area contributed by atoms with E-state index in [1.807, 2.05) is 19.9 Å². The highest BCUT2D eigenvalue weighted by Crippen LogP contribution is 2.29. The molecular formula is C13H18FNO. The topological polar surface area (TPSA) is 21.3 Å². The monoisotopic (exact) mass is 223 g/mol. The summed E-state index contributed by atoms with van der Waals surface area (Å²) < 4.78 is 19.0. The van der Waals surface area contributed by atoms with Crippen molar-refractivity contribution in [2.24, 2.45) is 0 Å². The van der Waals surface area contributed by atoms with Gasteiger partial charge in [0.15, 0.2) is 0 Å². The molecule has 0 spiro atoms. The van der Waals surface area contributed by atoms with Crippen LogP contribution in [0.15, 0.2) is 29.8 Å². The minimum absolute atomic E-state index is 0.166. The predicted octanol–water partition coefficient (Wildman–Crippen LogP) is 3.06. The van der Waals surface area contributed by atoms with Crippen molar-refractivity contribution < 1.29 is 9.13 Å². The number of allylic oxidation sites excluding steroid dienone is 1. The van der Waals surface area contributed by atoms with E-state index in [1.54, 1.807) is 26.3 Å². The number of benzene rings is 1. The van der Waals surface area contributed by atoms with Crippen LogP contribution in [0, 0.1) is 5.82 Å². The predicted molar refractivity (Wildman–Crippen MR) is 64.2 cm³/mol. The maximum atomic E-state index is 13.8. The first kappa shape index (κ1) is 12.7. The zero-order valence-corrected chi connectivity index (χ0v) is 10.2. The Bertz CT molecular complexity index is 384. The summed E-state index contributed by atoms with van der Waals surface area (Å²) in [5, 5.41) is 3.07. The number of hydrogen-bond acceptors (Lipinski definition) is 2. The molecule has 2 nitrogen and oxygen atoms in total. The van der Waals surface area contributed by atoms with E-state index in [0.717, 1.165) is 5.57 Å². The minimum atomic E-state index is -0.254. The molecule has 1 rings (SSSR count). The van der Waals surface area contributed by atoms with Gasteiger partial charge in [0, 0.05) is 0 Å². The van der Waals surface area contributed by atoms with Crippen molar-refractivity contribution in [2.75, 3.05) is 14.2 Å². The van der Waals surface area contributed by atoms with E-state index in [9.17, 15) is 4.39 Å². The molecule has 0 aliphatic heterocycles. The molecule has 0 aliphatic carbocycles. The van der Waals surface area contributed by atoms with Crippen LogP contribution < -0.4 is 10.1 Å². The van der Waals surface area contributed by atoms with Crippen molar-refractivity contribution in [3.8, 4) is 5.75 Å². The molecular weight excluding hydrogens is 205 g/mol.